The van der Waals surface area contributed by atoms with Crippen LogP contribution in [0.25, 0.3) is 10.8 Å². The zero-order valence-corrected chi connectivity index (χ0v) is 15.5. The number of carbonyl (C=O) groups is 2. The molecule has 2 aromatic rings. The number of carbonyl (C=O) groups excluding carboxylic acids is 1. The molecule has 1 aliphatic heterocycles. The zero-order valence-electron chi connectivity index (χ0n) is 15.5. The lowest BCUT2D eigenvalue weighted by molar-refractivity contribution is -0.151. The molecule has 0 aromatic heterocycles. The fourth-order valence-corrected chi connectivity index (χ4v) is 3.60. The van der Waals surface area contributed by atoms with Crippen molar-refractivity contribution in [2.75, 3.05) is 33.4 Å². The standard InChI is InChI=1S/C21H25NO5/c1-26-15-21(20(24)25)11-12-22(14-21)19(23)10-5-13-27-18-9-4-7-16-6-2-3-8-17(16)18/h2-4,6-9H,5,10-15H2,1H3,(H,24,25). The van der Waals surface area contributed by atoms with Crippen molar-refractivity contribution < 1.29 is 24.2 Å². The number of hydrogen-bond acceptors (Lipinski definition) is 4. The van der Waals surface area contributed by atoms with E-state index in [1.54, 1.807) is 4.90 Å². The molecule has 1 unspecified atom stereocenters. The Bertz CT molecular complexity index is 816. The SMILES string of the molecule is COCC1(C(=O)O)CCN(C(=O)CCCOc2cccc3ccccc23)C1. The highest BCUT2D eigenvalue weighted by Gasteiger charge is 2.46. The van der Waals surface area contributed by atoms with E-state index in [9.17, 15) is 14.7 Å². The second kappa shape index (κ2) is 8.39. The molecule has 1 atom stereocenters. The van der Waals surface area contributed by atoms with Gasteiger partial charge in [-0.1, -0.05) is 36.4 Å². The zero-order chi connectivity index (χ0) is 19.3. The fraction of sp³-hybridized carbons (Fsp3) is 0.429. The molecule has 144 valence electrons. The molecule has 27 heavy (non-hydrogen) atoms. The summed E-state index contributed by atoms with van der Waals surface area (Å²) in [6.45, 7) is 1.23. The van der Waals surface area contributed by atoms with Crippen molar-refractivity contribution in [2.45, 2.75) is 19.3 Å². The predicted molar refractivity (Wildman–Crippen MR) is 102 cm³/mol. The summed E-state index contributed by atoms with van der Waals surface area (Å²) in [6.07, 6.45) is 1.35. The van der Waals surface area contributed by atoms with Gasteiger partial charge >= 0.3 is 5.97 Å². The summed E-state index contributed by atoms with van der Waals surface area (Å²) in [4.78, 5) is 25.6. The third-order valence-electron chi connectivity index (χ3n) is 5.12. The van der Waals surface area contributed by atoms with Gasteiger partial charge in [0.15, 0.2) is 0 Å². The molecule has 1 amide bonds. The van der Waals surface area contributed by atoms with Crippen molar-refractivity contribution in [1.29, 1.82) is 0 Å². The highest BCUT2D eigenvalue weighted by Crippen LogP contribution is 2.32. The first-order valence-corrected chi connectivity index (χ1v) is 9.16. The minimum absolute atomic E-state index is 0.0317. The van der Waals surface area contributed by atoms with Crippen molar-refractivity contribution in [1.82, 2.24) is 4.90 Å². The number of carboxylic acids is 1. The van der Waals surface area contributed by atoms with Crippen LogP contribution in [0.5, 0.6) is 5.75 Å². The fourth-order valence-electron chi connectivity index (χ4n) is 3.60. The minimum atomic E-state index is -0.982. The van der Waals surface area contributed by atoms with Gasteiger partial charge in [0.2, 0.25) is 5.91 Å². The smallest absolute Gasteiger partial charge is 0.313 e. The van der Waals surface area contributed by atoms with Gasteiger partial charge in [-0.25, -0.2) is 0 Å². The van der Waals surface area contributed by atoms with Crippen LogP contribution in [0.3, 0.4) is 0 Å². The summed E-state index contributed by atoms with van der Waals surface area (Å²) in [5.41, 5.74) is -0.982. The molecule has 0 bridgehead atoms. The Balaban J connectivity index is 1.49. The van der Waals surface area contributed by atoms with Crippen LogP contribution in [0.15, 0.2) is 42.5 Å². The van der Waals surface area contributed by atoms with Gasteiger partial charge in [0.25, 0.3) is 0 Å². The van der Waals surface area contributed by atoms with Crippen LogP contribution < -0.4 is 4.74 Å². The third kappa shape index (κ3) is 4.22. The summed E-state index contributed by atoms with van der Waals surface area (Å²) in [6, 6.07) is 13.9. The number of ether oxygens (including phenoxy) is 2. The number of carboxylic acid groups (broad SMARTS) is 1. The summed E-state index contributed by atoms with van der Waals surface area (Å²) in [7, 11) is 1.49. The number of nitrogens with zero attached hydrogens (tertiary/aromatic N) is 1. The molecule has 0 saturated carbocycles. The van der Waals surface area contributed by atoms with Crippen LogP contribution in [0.1, 0.15) is 19.3 Å². The average molecular weight is 371 g/mol. The number of amides is 1. The van der Waals surface area contributed by atoms with Crippen molar-refractivity contribution in [3.8, 4) is 5.75 Å². The molecule has 1 N–H and O–H groups in total. The van der Waals surface area contributed by atoms with Crippen molar-refractivity contribution >= 4 is 22.6 Å². The van der Waals surface area contributed by atoms with Gasteiger partial charge in [0.05, 0.1) is 13.2 Å². The van der Waals surface area contributed by atoms with E-state index in [1.165, 1.54) is 7.11 Å². The Morgan fingerprint density at radius 2 is 1.96 bits per heavy atom. The maximum absolute atomic E-state index is 12.4. The van der Waals surface area contributed by atoms with E-state index < -0.39 is 11.4 Å². The van der Waals surface area contributed by atoms with Gasteiger partial charge < -0.3 is 19.5 Å². The van der Waals surface area contributed by atoms with Crippen LogP contribution in [0, 0.1) is 5.41 Å². The second-order valence-electron chi connectivity index (χ2n) is 7.01. The third-order valence-corrected chi connectivity index (χ3v) is 5.12. The number of benzene rings is 2. The lowest BCUT2D eigenvalue weighted by atomic mass is 9.88. The highest BCUT2D eigenvalue weighted by molar-refractivity contribution is 5.88. The maximum atomic E-state index is 12.4. The summed E-state index contributed by atoms with van der Waals surface area (Å²) < 4.78 is 10.9. The first kappa shape index (κ1) is 19.2. The van der Waals surface area contributed by atoms with Gasteiger partial charge in [0.1, 0.15) is 11.2 Å². The molecule has 2 aromatic carbocycles. The Morgan fingerprint density at radius 3 is 2.74 bits per heavy atom. The molecule has 1 fully saturated rings. The molecular weight excluding hydrogens is 346 g/mol. The van der Waals surface area contributed by atoms with Crippen molar-refractivity contribution in [2.24, 2.45) is 5.41 Å². The number of hydrogen-bond donors (Lipinski definition) is 1. The Morgan fingerprint density at radius 1 is 1.19 bits per heavy atom. The first-order chi connectivity index (χ1) is 13.1. The summed E-state index contributed by atoms with van der Waals surface area (Å²) in [5.74, 6) is -0.124. The molecule has 1 heterocycles. The first-order valence-electron chi connectivity index (χ1n) is 9.16. The van der Waals surface area contributed by atoms with Crippen LogP contribution in [0.4, 0.5) is 0 Å². The van der Waals surface area contributed by atoms with Crippen LogP contribution in [-0.4, -0.2) is 55.3 Å². The number of methoxy groups -OCH3 is 1. The molecule has 1 aliphatic rings. The van der Waals surface area contributed by atoms with Crippen LogP contribution >= 0.6 is 0 Å². The van der Waals surface area contributed by atoms with E-state index in [0.717, 1.165) is 16.5 Å². The summed E-state index contributed by atoms with van der Waals surface area (Å²) in [5, 5.41) is 11.7. The number of rotatable bonds is 8. The van der Waals surface area contributed by atoms with Gasteiger partial charge in [-0.2, -0.15) is 0 Å². The summed E-state index contributed by atoms with van der Waals surface area (Å²) >= 11 is 0. The normalized spacial score (nSPS) is 19.4. The van der Waals surface area contributed by atoms with E-state index in [-0.39, 0.29) is 19.1 Å². The lowest BCUT2D eigenvalue weighted by Gasteiger charge is -2.23. The van der Waals surface area contributed by atoms with Gasteiger partial charge in [-0.3, -0.25) is 9.59 Å². The van der Waals surface area contributed by atoms with Crippen molar-refractivity contribution in [3.05, 3.63) is 42.5 Å². The molecule has 0 spiro atoms. The number of fused-ring (bicyclic) bond motifs is 1. The molecular formula is C21H25NO5. The maximum Gasteiger partial charge on any atom is 0.313 e. The molecule has 0 aliphatic carbocycles. The Kier molecular flexibility index (Phi) is 5.96. The lowest BCUT2D eigenvalue weighted by Crippen LogP contribution is -2.40. The molecule has 1 saturated heterocycles. The number of likely N-dealkylation sites (tertiary alicyclic amines) is 1. The van der Waals surface area contributed by atoms with Crippen LogP contribution in [0.2, 0.25) is 0 Å². The van der Waals surface area contributed by atoms with E-state index in [0.29, 0.717) is 32.4 Å². The Labute approximate surface area is 158 Å². The predicted octanol–water partition coefficient (Wildman–Crippen LogP) is 2.95. The van der Waals surface area contributed by atoms with Gasteiger partial charge in [0, 0.05) is 32.0 Å². The minimum Gasteiger partial charge on any atom is -0.493 e. The van der Waals surface area contributed by atoms with Crippen LogP contribution in [-0.2, 0) is 14.3 Å². The molecule has 6 nitrogen and oxygen atoms in total. The molecule has 0 radical (unpaired) electrons. The van der Waals surface area contributed by atoms with E-state index in [2.05, 4.69) is 0 Å². The number of aliphatic carboxylic acids is 1. The van der Waals surface area contributed by atoms with Gasteiger partial charge in [-0.15, -0.1) is 0 Å². The Hall–Kier alpha value is -2.60. The van der Waals surface area contributed by atoms with Gasteiger partial charge in [-0.05, 0) is 24.3 Å². The quantitative estimate of drug-likeness (QED) is 0.722. The molecule has 3 rings (SSSR count). The highest BCUT2D eigenvalue weighted by atomic mass is 16.5. The van der Waals surface area contributed by atoms with E-state index in [4.69, 9.17) is 9.47 Å². The monoisotopic (exact) mass is 371 g/mol. The average Bonchev–Trinajstić information content (AvgIpc) is 3.11. The van der Waals surface area contributed by atoms with E-state index >= 15 is 0 Å². The molecule has 6 heteroatoms. The van der Waals surface area contributed by atoms with Crippen molar-refractivity contribution in [3.63, 3.8) is 0 Å². The topological polar surface area (TPSA) is 76.1 Å². The van der Waals surface area contributed by atoms with E-state index in [1.807, 2.05) is 42.5 Å². The second-order valence-corrected chi connectivity index (χ2v) is 7.01. The largest absolute Gasteiger partial charge is 0.493 e.